The summed E-state index contributed by atoms with van der Waals surface area (Å²) >= 11 is 5.84. The zero-order valence-corrected chi connectivity index (χ0v) is 12.1. The molecule has 1 aromatic rings. The zero-order valence-electron chi connectivity index (χ0n) is 11.4. The number of halogens is 1. The average molecular weight is 297 g/mol. The third kappa shape index (κ3) is 3.42. The first-order valence-corrected chi connectivity index (χ1v) is 6.81. The van der Waals surface area contributed by atoms with E-state index in [4.69, 9.17) is 16.7 Å². The van der Waals surface area contributed by atoms with Crippen molar-refractivity contribution in [3.8, 4) is 0 Å². The molecule has 108 valence electrons. The Bertz CT molecular complexity index is 547. The predicted octanol–water partition coefficient (Wildman–Crippen LogP) is 3.16. The van der Waals surface area contributed by atoms with E-state index in [9.17, 15) is 9.59 Å². The van der Waals surface area contributed by atoms with Crippen LogP contribution in [0.5, 0.6) is 0 Å². The van der Waals surface area contributed by atoms with Crippen LogP contribution in [0.25, 0.3) is 0 Å². The molecule has 1 fully saturated rings. The molecule has 20 heavy (non-hydrogen) atoms. The number of nitrogens with one attached hydrogen (secondary N) is 1. The van der Waals surface area contributed by atoms with Crippen molar-refractivity contribution in [2.45, 2.75) is 13.3 Å². The summed E-state index contributed by atoms with van der Waals surface area (Å²) in [6.07, 6.45) is 1.13. The molecule has 2 unspecified atom stereocenters. The highest BCUT2D eigenvalue weighted by Gasteiger charge is 2.34. The molecule has 2 atom stereocenters. The number of hydrogen-bond acceptors (Lipinski definition) is 2. The summed E-state index contributed by atoms with van der Waals surface area (Å²) in [4.78, 5) is 24.7. The van der Waals surface area contributed by atoms with Gasteiger partial charge in [0.05, 0.1) is 11.3 Å². The number of hydrogen-bond donors (Lipinski definition) is 2. The van der Waals surface area contributed by atoms with E-state index in [0.29, 0.717) is 23.4 Å². The van der Waals surface area contributed by atoms with Gasteiger partial charge in [0.2, 0.25) is 0 Å². The van der Waals surface area contributed by atoms with Gasteiger partial charge in [-0.3, -0.25) is 0 Å². The van der Waals surface area contributed by atoms with E-state index in [0.717, 1.165) is 6.42 Å². The number of carbonyl (C=O) groups is 2. The van der Waals surface area contributed by atoms with Gasteiger partial charge in [-0.05, 0) is 36.5 Å². The summed E-state index contributed by atoms with van der Waals surface area (Å²) in [7, 11) is 1.70. The van der Waals surface area contributed by atoms with Crippen molar-refractivity contribution in [2.24, 2.45) is 11.8 Å². The smallest absolute Gasteiger partial charge is 0.337 e. The van der Waals surface area contributed by atoms with E-state index in [2.05, 4.69) is 12.2 Å². The fourth-order valence-corrected chi connectivity index (χ4v) is 2.28. The maximum absolute atomic E-state index is 12.0. The van der Waals surface area contributed by atoms with Gasteiger partial charge in [0.1, 0.15) is 0 Å². The summed E-state index contributed by atoms with van der Waals surface area (Å²) in [5.74, 6) is 0.102. The minimum Gasteiger partial charge on any atom is -0.478 e. The molecule has 0 spiro atoms. The molecule has 0 aliphatic heterocycles. The Morgan fingerprint density at radius 1 is 1.50 bits per heavy atom. The zero-order chi connectivity index (χ0) is 14.9. The van der Waals surface area contributed by atoms with Gasteiger partial charge >= 0.3 is 12.0 Å². The van der Waals surface area contributed by atoms with Crippen molar-refractivity contribution in [1.82, 2.24) is 4.90 Å². The fraction of sp³-hybridized carbons (Fsp3) is 0.429. The molecule has 5 nitrogen and oxygen atoms in total. The van der Waals surface area contributed by atoms with Crippen LogP contribution in [0.2, 0.25) is 5.02 Å². The minimum absolute atomic E-state index is 0.0240. The molecular weight excluding hydrogens is 280 g/mol. The Labute approximate surface area is 122 Å². The topological polar surface area (TPSA) is 69.6 Å². The minimum atomic E-state index is -1.10. The monoisotopic (exact) mass is 296 g/mol. The maximum atomic E-state index is 12.0. The van der Waals surface area contributed by atoms with Crippen molar-refractivity contribution in [2.75, 3.05) is 18.9 Å². The average Bonchev–Trinajstić information content (AvgIpc) is 3.04. The number of benzene rings is 1. The molecule has 2 amide bonds. The molecule has 1 saturated carbocycles. The van der Waals surface area contributed by atoms with E-state index in [1.807, 2.05) is 0 Å². The van der Waals surface area contributed by atoms with Crippen LogP contribution in [-0.4, -0.2) is 35.6 Å². The van der Waals surface area contributed by atoms with Crippen LogP contribution in [0.3, 0.4) is 0 Å². The number of nitrogens with zero attached hydrogens (tertiary/aromatic N) is 1. The van der Waals surface area contributed by atoms with Gasteiger partial charge in [0.25, 0.3) is 0 Å². The van der Waals surface area contributed by atoms with Crippen LogP contribution >= 0.6 is 11.6 Å². The summed E-state index contributed by atoms with van der Waals surface area (Å²) in [6.45, 7) is 2.83. The molecule has 1 aliphatic carbocycles. The molecule has 2 N–H and O–H groups in total. The summed E-state index contributed by atoms with van der Waals surface area (Å²) in [6, 6.07) is 3.98. The van der Waals surface area contributed by atoms with Crippen LogP contribution in [-0.2, 0) is 0 Å². The Morgan fingerprint density at radius 2 is 2.15 bits per heavy atom. The van der Waals surface area contributed by atoms with Gasteiger partial charge in [0, 0.05) is 18.6 Å². The second kappa shape index (κ2) is 5.71. The third-order valence-electron chi connectivity index (χ3n) is 3.58. The first kappa shape index (κ1) is 14.7. The summed E-state index contributed by atoms with van der Waals surface area (Å²) in [5, 5.41) is 12.1. The van der Waals surface area contributed by atoms with Crippen LogP contribution in [0.15, 0.2) is 18.2 Å². The maximum Gasteiger partial charge on any atom is 0.337 e. The molecule has 6 heteroatoms. The van der Waals surface area contributed by atoms with Crippen molar-refractivity contribution in [1.29, 1.82) is 0 Å². The molecule has 0 saturated heterocycles. The lowest BCUT2D eigenvalue weighted by atomic mass is 10.2. The van der Waals surface area contributed by atoms with Crippen LogP contribution in [0, 0.1) is 11.8 Å². The number of amides is 2. The standard InChI is InChI=1S/C14H17ClN2O3/c1-8-5-9(8)7-17(2)14(20)16-12-6-10(15)3-4-11(12)13(18)19/h3-4,6,8-9H,5,7H2,1-2H3,(H,16,20)(H,18,19). The van der Waals surface area contributed by atoms with Crippen LogP contribution in [0.4, 0.5) is 10.5 Å². The van der Waals surface area contributed by atoms with Crippen molar-refractivity contribution in [3.05, 3.63) is 28.8 Å². The highest BCUT2D eigenvalue weighted by Crippen LogP contribution is 2.38. The third-order valence-corrected chi connectivity index (χ3v) is 3.82. The van der Waals surface area contributed by atoms with E-state index in [1.54, 1.807) is 11.9 Å². The van der Waals surface area contributed by atoms with Crippen molar-refractivity contribution in [3.63, 3.8) is 0 Å². The second-order valence-corrected chi connectivity index (χ2v) is 5.72. The van der Waals surface area contributed by atoms with Gasteiger partial charge in [-0.15, -0.1) is 0 Å². The van der Waals surface area contributed by atoms with E-state index >= 15 is 0 Å². The molecule has 1 aliphatic rings. The number of carboxylic acids is 1. The predicted molar refractivity (Wildman–Crippen MR) is 77.3 cm³/mol. The lowest BCUT2D eigenvalue weighted by molar-refractivity contribution is 0.0698. The van der Waals surface area contributed by atoms with E-state index in [1.165, 1.54) is 18.2 Å². The van der Waals surface area contributed by atoms with E-state index in [-0.39, 0.29) is 17.3 Å². The fourth-order valence-electron chi connectivity index (χ4n) is 2.11. The normalized spacial score (nSPS) is 20.4. The van der Waals surface area contributed by atoms with Gasteiger partial charge in [-0.25, -0.2) is 9.59 Å². The molecule has 0 radical (unpaired) electrons. The SMILES string of the molecule is CC1CC1CN(C)C(=O)Nc1cc(Cl)ccc1C(=O)O. The van der Waals surface area contributed by atoms with Gasteiger partial charge in [0.15, 0.2) is 0 Å². The van der Waals surface area contributed by atoms with Gasteiger partial charge in [-0.1, -0.05) is 18.5 Å². The largest absolute Gasteiger partial charge is 0.478 e. The van der Waals surface area contributed by atoms with Gasteiger partial charge in [-0.2, -0.15) is 0 Å². The molecular formula is C14H17ClN2O3. The van der Waals surface area contributed by atoms with Crippen molar-refractivity contribution >= 4 is 29.3 Å². The lowest BCUT2D eigenvalue weighted by Gasteiger charge is -2.18. The van der Waals surface area contributed by atoms with E-state index < -0.39 is 5.97 Å². The number of aromatic carboxylic acids is 1. The highest BCUT2D eigenvalue weighted by atomic mass is 35.5. The lowest BCUT2D eigenvalue weighted by Crippen LogP contribution is -2.33. The van der Waals surface area contributed by atoms with Crippen molar-refractivity contribution < 1.29 is 14.7 Å². The first-order valence-electron chi connectivity index (χ1n) is 6.43. The Morgan fingerprint density at radius 3 is 2.70 bits per heavy atom. The molecule has 1 aromatic carbocycles. The quantitative estimate of drug-likeness (QED) is 0.896. The number of carboxylic acid groups (broad SMARTS) is 1. The molecule has 0 heterocycles. The van der Waals surface area contributed by atoms with Gasteiger partial charge < -0.3 is 15.3 Å². The molecule has 0 aromatic heterocycles. The summed E-state index contributed by atoms with van der Waals surface area (Å²) in [5.41, 5.74) is 0.238. The number of rotatable bonds is 4. The Kier molecular flexibility index (Phi) is 4.18. The highest BCUT2D eigenvalue weighted by molar-refractivity contribution is 6.31. The summed E-state index contributed by atoms with van der Waals surface area (Å²) < 4.78 is 0. The van der Waals surface area contributed by atoms with Crippen LogP contribution < -0.4 is 5.32 Å². The molecule has 2 rings (SSSR count). The first-order chi connectivity index (χ1) is 9.38. The van der Waals surface area contributed by atoms with Crippen LogP contribution in [0.1, 0.15) is 23.7 Å². The number of urea groups is 1. The Balaban J connectivity index is 2.06. The number of anilines is 1. The second-order valence-electron chi connectivity index (χ2n) is 5.28. The Hall–Kier alpha value is -1.75. The number of carbonyl (C=O) groups excluding carboxylic acids is 1. The molecule has 0 bridgehead atoms.